The lowest BCUT2D eigenvalue weighted by Crippen LogP contribution is -2.43. The van der Waals surface area contributed by atoms with Crippen LogP contribution in [0.3, 0.4) is 0 Å². The summed E-state index contributed by atoms with van der Waals surface area (Å²) in [5, 5.41) is 13.4. The first-order valence-electron chi connectivity index (χ1n) is 8.15. The van der Waals surface area contributed by atoms with Crippen LogP contribution in [-0.2, 0) is 11.2 Å². The number of carbonyl (C=O) groups excluding carboxylic acids is 1. The first-order chi connectivity index (χ1) is 10.5. The molecule has 4 heteroatoms. The Morgan fingerprint density at radius 1 is 1.27 bits per heavy atom. The van der Waals surface area contributed by atoms with Gasteiger partial charge in [-0.15, -0.1) is 0 Å². The highest BCUT2D eigenvalue weighted by molar-refractivity contribution is 5.78. The largest absolute Gasteiger partial charge is 0.496 e. The first-order valence-corrected chi connectivity index (χ1v) is 8.15. The summed E-state index contributed by atoms with van der Waals surface area (Å²) in [4.78, 5) is 12.1. The van der Waals surface area contributed by atoms with Gasteiger partial charge in [-0.05, 0) is 37.0 Å². The van der Waals surface area contributed by atoms with Crippen LogP contribution in [0.25, 0.3) is 0 Å². The molecule has 0 aromatic heterocycles. The van der Waals surface area contributed by atoms with E-state index < -0.39 is 5.60 Å². The molecule has 2 N–H and O–H groups in total. The molecule has 2 rings (SSSR count). The average Bonchev–Trinajstić information content (AvgIpc) is 2.72. The van der Waals surface area contributed by atoms with E-state index in [0.29, 0.717) is 13.0 Å². The fraction of sp³-hybridized carbons (Fsp3) is 0.611. The van der Waals surface area contributed by atoms with Gasteiger partial charge in [0.05, 0.1) is 19.1 Å². The fourth-order valence-corrected chi connectivity index (χ4v) is 3.05. The highest BCUT2D eigenvalue weighted by Gasteiger charge is 2.28. The Kier molecular flexibility index (Phi) is 5.83. The number of methoxy groups -OCH3 is 1. The van der Waals surface area contributed by atoms with E-state index in [1.807, 2.05) is 25.1 Å². The number of amides is 1. The molecule has 4 nitrogen and oxygen atoms in total. The zero-order valence-electron chi connectivity index (χ0n) is 13.7. The number of hydrogen-bond donors (Lipinski definition) is 2. The van der Waals surface area contributed by atoms with E-state index in [0.717, 1.165) is 42.6 Å². The predicted octanol–water partition coefficient (Wildman–Crippen LogP) is 2.75. The maximum absolute atomic E-state index is 12.1. The smallest absolute Gasteiger partial charge is 0.224 e. The minimum atomic E-state index is -0.725. The van der Waals surface area contributed by atoms with Gasteiger partial charge in [-0.3, -0.25) is 4.79 Å². The van der Waals surface area contributed by atoms with Gasteiger partial charge in [0.2, 0.25) is 5.91 Å². The van der Waals surface area contributed by atoms with E-state index >= 15 is 0 Å². The van der Waals surface area contributed by atoms with Crippen LogP contribution in [0.4, 0.5) is 0 Å². The van der Waals surface area contributed by atoms with E-state index in [2.05, 4.69) is 5.32 Å². The van der Waals surface area contributed by atoms with Gasteiger partial charge >= 0.3 is 0 Å². The Hall–Kier alpha value is -1.55. The lowest BCUT2D eigenvalue weighted by Gasteiger charge is -2.26. The van der Waals surface area contributed by atoms with Crippen LogP contribution in [0.5, 0.6) is 5.75 Å². The van der Waals surface area contributed by atoms with Gasteiger partial charge in [-0.1, -0.05) is 37.8 Å². The molecule has 1 saturated carbocycles. The number of rotatable bonds is 5. The van der Waals surface area contributed by atoms with Crippen molar-refractivity contribution in [2.75, 3.05) is 13.7 Å². The fourth-order valence-electron chi connectivity index (χ4n) is 3.05. The normalized spacial score (nSPS) is 17.6. The zero-order chi connectivity index (χ0) is 16.0. The number of benzene rings is 1. The molecule has 0 saturated heterocycles. The topological polar surface area (TPSA) is 58.6 Å². The van der Waals surface area contributed by atoms with Gasteiger partial charge in [-0.2, -0.15) is 0 Å². The predicted molar refractivity (Wildman–Crippen MR) is 87.1 cm³/mol. The van der Waals surface area contributed by atoms with Crippen molar-refractivity contribution >= 4 is 5.91 Å². The summed E-state index contributed by atoms with van der Waals surface area (Å²) >= 11 is 0. The van der Waals surface area contributed by atoms with Crippen LogP contribution in [-0.4, -0.2) is 30.3 Å². The van der Waals surface area contributed by atoms with Gasteiger partial charge in [0.1, 0.15) is 5.75 Å². The second-order valence-electron chi connectivity index (χ2n) is 6.40. The number of carbonyl (C=O) groups is 1. The van der Waals surface area contributed by atoms with Gasteiger partial charge < -0.3 is 15.2 Å². The number of aliphatic hydroxyl groups is 1. The highest BCUT2D eigenvalue weighted by atomic mass is 16.5. The van der Waals surface area contributed by atoms with Crippen molar-refractivity contribution in [1.82, 2.24) is 5.32 Å². The van der Waals surface area contributed by atoms with Crippen LogP contribution in [0, 0.1) is 6.92 Å². The third-order valence-electron chi connectivity index (χ3n) is 4.49. The number of hydrogen-bond acceptors (Lipinski definition) is 3. The van der Waals surface area contributed by atoms with Gasteiger partial charge in [0, 0.05) is 6.54 Å². The molecule has 0 unspecified atom stereocenters. The number of ether oxygens (including phenoxy) is 1. The molecule has 1 fully saturated rings. The van der Waals surface area contributed by atoms with Crippen molar-refractivity contribution in [3.05, 3.63) is 29.3 Å². The molecule has 22 heavy (non-hydrogen) atoms. The van der Waals surface area contributed by atoms with E-state index in [-0.39, 0.29) is 5.91 Å². The molecule has 0 radical (unpaired) electrons. The molecule has 1 aromatic carbocycles. The standard InChI is InChI=1S/C18H27NO3/c1-14-7-8-15(11-16(14)22-2)12-17(20)19-13-18(21)9-5-3-4-6-10-18/h7-8,11,21H,3-6,9-10,12-13H2,1-2H3,(H,19,20). The minimum Gasteiger partial charge on any atom is -0.496 e. The monoisotopic (exact) mass is 305 g/mol. The molecule has 0 atom stereocenters. The third-order valence-corrected chi connectivity index (χ3v) is 4.49. The second-order valence-corrected chi connectivity index (χ2v) is 6.40. The van der Waals surface area contributed by atoms with Crippen molar-refractivity contribution in [1.29, 1.82) is 0 Å². The average molecular weight is 305 g/mol. The van der Waals surface area contributed by atoms with Crippen LogP contribution in [0.2, 0.25) is 0 Å². The van der Waals surface area contributed by atoms with E-state index in [9.17, 15) is 9.90 Å². The Bertz CT molecular complexity index is 505. The molecule has 0 spiro atoms. The van der Waals surface area contributed by atoms with Crippen molar-refractivity contribution in [2.24, 2.45) is 0 Å². The molecule has 1 aliphatic carbocycles. The van der Waals surface area contributed by atoms with Crippen LogP contribution >= 0.6 is 0 Å². The number of nitrogens with one attached hydrogen (secondary N) is 1. The summed E-state index contributed by atoms with van der Waals surface area (Å²) in [5.41, 5.74) is 1.25. The lowest BCUT2D eigenvalue weighted by molar-refractivity contribution is -0.121. The van der Waals surface area contributed by atoms with Crippen LogP contribution in [0.1, 0.15) is 49.7 Å². The molecule has 1 aromatic rings. The Labute approximate surface area is 132 Å². The van der Waals surface area contributed by atoms with Gasteiger partial charge in [0.15, 0.2) is 0 Å². The van der Waals surface area contributed by atoms with Gasteiger partial charge in [0.25, 0.3) is 0 Å². The summed E-state index contributed by atoms with van der Waals surface area (Å²) in [7, 11) is 1.63. The van der Waals surface area contributed by atoms with Crippen molar-refractivity contribution in [3.63, 3.8) is 0 Å². The highest BCUT2D eigenvalue weighted by Crippen LogP contribution is 2.26. The van der Waals surface area contributed by atoms with Crippen molar-refractivity contribution in [2.45, 2.75) is 57.5 Å². The van der Waals surface area contributed by atoms with E-state index in [1.54, 1.807) is 7.11 Å². The first kappa shape index (κ1) is 16.8. The molecular weight excluding hydrogens is 278 g/mol. The Morgan fingerprint density at radius 3 is 2.59 bits per heavy atom. The summed E-state index contributed by atoms with van der Waals surface area (Å²) in [6, 6.07) is 5.80. The maximum atomic E-state index is 12.1. The molecular formula is C18H27NO3. The summed E-state index contributed by atoms with van der Waals surface area (Å²) in [6.45, 7) is 2.33. The molecule has 0 heterocycles. The Balaban J connectivity index is 1.87. The van der Waals surface area contributed by atoms with Crippen molar-refractivity contribution < 1.29 is 14.6 Å². The summed E-state index contributed by atoms with van der Waals surface area (Å²) < 4.78 is 5.28. The quantitative estimate of drug-likeness (QED) is 0.822. The van der Waals surface area contributed by atoms with E-state index in [4.69, 9.17) is 4.74 Å². The van der Waals surface area contributed by atoms with E-state index in [1.165, 1.54) is 12.8 Å². The lowest BCUT2D eigenvalue weighted by atomic mass is 9.94. The second kappa shape index (κ2) is 7.63. The molecule has 122 valence electrons. The number of aryl methyl sites for hydroxylation is 1. The summed E-state index contributed by atoms with van der Waals surface area (Å²) in [5.74, 6) is 0.747. The third kappa shape index (κ3) is 4.73. The van der Waals surface area contributed by atoms with Crippen LogP contribution in [0.15, 0.2) is 18.2 Å². The molecule has 1 amide bonds. The molecule has 1 aliphatic rings. The van der Waals surface area contributed by atoms with Crippen LogP contribution < -0.4 is 10.1 Å². The maximum Gasteiger partial charge on any atom is 0.224 e. The zero-order valence-corrected chi connectivity index (χ0v) is 13.7. The molecule has 0 aliphatic heterocycles. The summed E-state index contributed by atoms with van der Waals surface area (Å²) in [6.07, 6.45) is 6.33. The minimum absolute atomic E-state index is 0.0522. The molecule has 0 bridgehead atoms. The SMILES string of the molecule is COc1cc(CC(=O)NCC2(O)CCCCCC2)ccc1C. The Morgan fingerprint density at radius 2 is 1.95 bits per heavy atom. The van der Waals surface area contributed by atoms with Gasteiger partial charge in [-0.25, -0.2) is 0 Å². The van der Waals surface area contributed by atoms with Crippen molar-refractivity contribution in [3.8, 4) is 5.75 Å².